The minimum atomic E-state index is -0.279. The third kappa shape index (κ3) is 12.0. The molecule has 4 nitrogen and oxygen atoms in total. The van der Waals surface area contributed by atoms with Crippen LogP contribution in [0.25, 0.3) is 0 Å². The Kier molecular flexibility index (Phi) is 14.4. The highest BCUT2D eigenvalue weighted by molar-refractivity contribution is 5.92. The van der Waals surface area contributed by atoms with Crippen LogP contribution >= 0.6 is 0 Å². The molecule has 0 aliphatic heterocycles. The number of esters is 1. The van der Waals surface area contributed by atoms with E-state index in [1.165, 1.54) is 51.4 Å². The van der Waals surface area contributed by atoms with E-state index in [2.05, 4.69) is 11.8 Å². The molecule has 0 aromatic heterocycles. The molecular weight excluding hydrogens is 350 g/mol. The fraction of sp³-hybridized carbons (Fsp3) is 0.708. The summed E-state index contributed by atoms with van der Waals surface area (Å²) in [6, 6.07) is 7.36. The first-order valence-corrected chi connectivity index (χ1v) is 11.2. The Morgan fingerprint density at radius 2 is 1.43 bits per heavy atom. The monoisotopic (exact) mass is 391 g/mol. The van der Waals surface area contributed by atoms with Gasteiger partial charge in [-0.05, 0) is 39.1 Å². The van der Waals surface area contributed by atoms with Gasteiger partial charge in [-0.15, -0.1) is 0 Å². The second kappa shape index (κ2) is 16.4. The van der Waals surface area contributed by atoms with Crippen LogP contribution < -0.4 is 4.74 Å². The number of nitrogens with zero attached hydrogens (tertiary/aromatic N) is 1. The van der Waals surface area contributed by atoms with E-state index in [0.717, 1.165) is 25.8 Å². The molecule has 0 saturated carbocycles. The van der Waals surface area contributed by atoms with Crippen LogP contribution in [0.1, 0.15) is 87.9 Å². The lowest BCUT2D eigenvalue weighted by Gasteiger charge is -2.13. The van der Waals surface area contributed by atoms with Crippen LogP contribution in [-0.4, -0.2) is 44.7 Å². The van der Waals surface area contributed by atoms with Crippen molar-refractivity contribution in [3.63, 3.8) is 0 Å². The van der Waals surface area contributed by atoms with Gasteiger partial charge in [0.15, 0.2) is 0 Å². The van der Waals surface area contributed by atoms with Crippen LogP contribution in [0.3, 0.4) is 0 Å². The molecule has 0 spiro atoms. The summed E-state index contributed by atoms with van der Waals surface area (Å²) in [4.78, 5) is 14.5. The molecule has 0 N–H and O–H groups in total. The first-order valence-electron chi connectivity index (χ1n) is 11.2. The van der Waals surface area contributed by atoms with Crippen molar-refractivity contribution in [3.8, 4) is 5.75 Å². The largest absolute Gasteiger partial charge is 0.493 e. The van der Waals surface area contributed by atoms with Crippen molar-refractivity contribution >= 4 is 5.97 Å². The molecule has 0 aliphatic carbocycles. The summed E-state index contributed by atoms with van der Waals surface area (Å²) in [5, 5.41) is 0. The topological polar surface area (TPSA) is 38.8 Å². The number of benzene rings is 1. The zero-order chi connectivity index (χ0) is 20.5. The molecule has 1 aromatic carbocycles. The predicted molar refractivity (Wildman–Crippen MR) is 117 cm³/mol. The first kappa shape index (κ1) is 24.5. The third-order valence-electron chi connectivity index (χ3n) is 4.85. The summed E-state index contributed by atoms with van der Waals surface area (Å²) in [6.07, 6.45) is 13.7. The van der Waals surface area contributed by atoms with E-state index >= 15 is 0 Å². The number of ether oxygens (including phenoxy) is 2. The fourth-order valence-electron chi connectivity index (χ4n) is 3.16. The van der Waals surface area contributed by atoms with Crippen LogP contribution in [0.4, 0.5) is 0 Å². The summed E-state index contributed by atoms with van der Waals surface area (Å²) >= 11 is 0. The Morgan fingerprint density at radius 1 is 0.821 bits per heavy atom. The van der Waals surface area contributed by atoms with E-state index in [9.17, 15) is 4.79 Å². The van der Waals surface area contributed by atoms with Crippen molar-refractivity contribution in [2.75, 3.05) is 33.9 Å². The molecule has 0 radical (unpaired) electrons. The molecule has 0 amide bonds. The van der Waals surface area contributed by atoms with Crippen molar-refractivity contribution in [3.05, 3.63) is 29.8 Å². The highest BCUT2D eigenvalue weighted by Crippen LogP contribution is 2.19. The summed E-state index contributed by atoms with van der Waals surface area (Å²) in [5.41, 5.74) is 0.527. The lowest BCUT2D eigenvalue weighted by atomic mass is 10.1. The van der Waals surface area contributed by atoms with E-state index < -0.39 is 0 Å². The molecule has 0 unspecified atom stereocenters. The van der Waals surface area contributed by atoms with Gasteiger partial charge in [0.25, 0.3) is 0 Å². The maximum atomic E-state index is 12.4. The van der Waals surface area contributed by atoms with E-state index in [1.807, 2.05) is 32.3 Å². The van der Waals surface area contributed by atoms with E-state index in [1.54, 1.807) is 6.07 Å². The number of rotatable bonds is 17. The highest BCUT2D eigenvalue weighted by Gasteiger charge is 2.13. The smallest absolute Gasteiger partial charge is 0.341 e. The summed E-state index contributed by atoms with van der Waals surface area (Å²) < 4.78 is 11.2. The molecular formula is C24H41NO3. The van der Waals surface area contributed by atoms with Crippen LogP contribution in [0, 0.1) is 0 Å². The zero-order valence-corrected chi connectivity index (χ0v) is 18.4. The van der Waals surface area contributed by atoms with Crippen LogP contribution in [0.5, 0.6) is 5.75 Å². The molecule has 0 aliphatic rings. The van der Waals surface area contributed by atoms with Crippen molar-refractivity contribution in [2.24, 2.45) is 0 Å². The second-order valence-electron chi connectivity index (χ2n) is 7.82. The maximum absolute atomic E-state index is 12.4. The molecule has 160 valence electrons. The molecule has 0 saturated heterocycles. The maximum Gasteiger partial charge on any atom is 0.341 e. The van der Waals surface area contributed by atoms with Crippen molar-refractivity contribution in [1.82, 2.24) is 4.90 Å². The van der Waals surface area contributed by atoms with Gasteiger partial charge in [-0.1, -0.05) is 76.8 Å². The normalized spacial score (nSPS) is 11.0. The van der Waals surface area contributed by atoms with Gasteiger partial charge in [-0.3, -0.25) is 0 Å². The fourth-order valence-corrected chi connectivity index (χ4v) is 3.16. The van der Waals surface area contributed by atoms with E-state index in [0.29, 0.717) is 24.5 Å². The molecule has 1 aromatic rings. The number of carbonyl (C=O) groups excluding carboxylic acids is 1. The van der Waals surface area contributed by atoms with Crippen LogP contribution in [-0.2, 0) is 4.74 Å². The molecule has 28 heavy (non-hydrogen) atoms. The highest BCUT2D eigenvalue weighted by atomic mass is 16.5. The standard InChI is InChI=1S/C24H41NO3/c1-4-5-6-7-8-9-10-11-12-15-20-28-24(26)22-17-13-14-18-23(22)27-21-16-19-25(2)3/h13-14,17-18H,4-12,15-16,19-21H2,1-3H3. The zero-order valence-electron chi connectivity index (χ0n) is 18.4. The Labute approximate surface area is 172 Å². The van der Waals surface area contributed by atoms with Gasteiger partial charge < -0.3 is 14.4 Å². The van der Waals surface area contributed by atoms with Crippen LogP contribution in [0.2, 0.25) is 0 Å². The lowest BCUT2D eigenvalue weighted by Crippen LogP contribution is -2.16. The molecule has 0 atom stereocenters. The van der Waals surface area contributed by atoms with Gasteiger partial charge in [0, 0.05) is 6.54 Å². The number of hydrogen-bond acceptors (Lipinski definition) is 4. The molecule has 0 heterocycles. The van der Waals surface area contributed by atoms with Crippen LogP contribution in [0.15, 0.2) is 24.3 Å². The van der Waals surface area contributed by atoms with Gasteiger partial charge in [0.05, 0.1) is 13.2 Å². The van der Waals surface area contributed by atoms with Gasteiger partial charge >= 0.3 is 5.97 Å². The van der Waals surface area contributed by atoms with Gasteiger partial charge in [0.1, 0.15) is 11.3 Å². The first-order chi connectivity index (χ1) is 13.6. The quantitative estimate of drug-likeness (QED) is 0.238. The Hall–Kier alpha value is -1.55. The lowest BCUT2D eigenvalue weighted by molar-refractivity contribution is 0.0493. The summed E-state index contributed by atoms with van der Waals surface area (Å²) in [5.74, 6) is 0.341. The van der Waals surface area contributed by atoms with E-state index in [4.69, 9.17) is 9.47 Å². The number of para-hydroxylation sites is 1. The third-order valence-corrected chi connectivity index (χ3v) is 4.85. The van der Waals surface area contributed by atoms with Crippen molar-refractivity contribution in [2.45, 2.75) is 77.6 Å². The van der Waals surface area contributed by atoms with Crippen molar-refractivity contribution < 1.29 is 14.3 Å². The average Bonchev–Trinajstić information content (AvgIpc) is 2.69. The number of unbranched alkanes of at least 4 members (excludes halogenated alkanes) is 9. The molecule has 4 heteroatoms. The Bertz CT molecular complexity index is 516. The Morgan fingerprint density at radius 3 is 2.07 bits per heavy atom. The molecule has 0 fully saturated rings. The summed E-state index contributed by atoms with van der Waals surface area (Å²) in [6.45, 7) is 4.31. The minimum absolute atomic E-state index is 0.279. The molecule has 0 bridgehead atoms. The number of hydrogen-bond donors (Lipinski definition) is 0. The minimum Gasteiger partial charge on any atom is -0.493 e. The Balaban J connectivity index is 2.15. The van der Waals surface area contributed by atoms with E-state index in [-0.39, 0.29) is 5.97 Å². The molecule has 1 rings (SSSR count). The summed E-state index contributed by atoms with van der Waals surface area (Å²) in [7, 11) is 4.08. The predicted octanol–water partition coefficient (Wildman–Crippen LogP) is 6.09. The van der Waals surface area contributed by atoms with Gasteiger partial charge in [-0.25, -0.2) is 4.79 Å². The van der Waals surface area contributed by atoms with Gasteiger partial charge in [0.2, 0.25) is 0 Å². The SMILES string of the molecule is CCCCCCCCCCCCOC(=O)c1ccccc1OCCCN(C)C. The van der Waals surface area contributed by atoms with Crippen molar-refractivity contribution in [1.29, 1.82) is 0 Å². The average molecular weight is 392 g/mol. The number of carbonyl (C=O) groups is 1. The second-order valence-corrected chi connectivity index (χ2v) is 7.82. The van der Waals surface area contributed by atoms with Gasteiger partial charge in [-0.2, -0.15) is 0 Å².